The molecule has 21 heavy (non-hydrogen) atoms. The molecule has 1 aromatic carbocycles. The molecular weight excluding hydrogens is 284 g/mol. The Morgan fingerprint density at radius 2 is 2.10 bits per heavy atom. The highest BCUT2D eigenvalue weighted by Crippen LogP contribution is 2.23. The van der Waals surface area contributed by atoms with Crippen molar-refractivity contribution in [3.05, 3.63) is 34.3 Å². The van der Waals surface area contributed by atoms with Crippen LogP contribution in [-0.2, 0) is 11.3 Å². The van der Waals surface area contributed by atoms with Crippen molar-refractivity contribution in [2.24, 2.45) is 5.92 Å². The number of hydrogen-bond donors (Lipinski definition) is 1. The molecule has 1 amide bonds. The number of rotatable bonds is 4. The summed E-state index contributed by atoms with van der Waals surface area (Å²) in [6, 6.07) is 6.60. The van der Waals surface area contributed by atoms with Crippen molar-refractivity contribution in [3.8, 4) is 0 Å². The second-order valence-corrected chi connectivity index (χ2v) is 6.59. The summed E-state index contributed by atoms with van der Waals surface area (Å²) in [5, 5.41) is 3.86. The topological polar surface area (TPSA) is 32.3 Å². The lowest BCUT2D eigenvalue weighted by atomic mass is 9.90. The van der Waals surface area contributed by atoms with Crippen LogP contribution in [0, 0.1) is 12.8 Å². The Hall–Kier alpha value is -1.06. The minimum atomic E-state index is 0.0687. The normalized spacial score (nSPS) is 18.5. The molecule has 0 spiro atoms. The number of amides is 1. The van der Waals surface area contributed by atoms with Gasteiger partial charge in [-0.25, -0.2) is 0 Å². The van der Waals surface area contributed by atoms with E-state index in [9.17, 15) is 4.79 Å². The molecule has 116 valence electrons. The van der Waals surface area contributed by atoms with Crippen LogP contribution in [0.4, 0.5) is 0 Å². The standard InChI is InChI=1S/C17H25ClN2O/c1-12-4-5-15(10-17(12)18)11-20-8-6-16(7-9-20)13(2)19-14(3)21/h4-5,10,13,16H,6-9,11H2,1-3H3,(H,19,21). The van der Waals surface area contributed by atoms with E-state index in [4.69, 9.17) is 11.6 Å². The molecule has 0 aromatic heterocycles. The Bertz CT molecular complexity index is 496. The number of carbonyl (C=O) groups is 1. The molecule has 1 fully saturated rings. The smallest absolute Gasteiger partial charge is 0.217 e. The molecule has 1 aromatic rings. The molecule has 2 rings (SSSR count). The maximum absolute atomic E-state index is 11.1. The molecule has 1 N–H and O–H groups in total. The number of benzene rings is 1. The molecular formula is C17H25ClN2O. The molecule has 0 bridgehead atoms. The SMILES string of the molecule is CC(=O)NC(C)C1CCN(Cc2ccc(C)c(Cl)c2)CC1. The van der Waals surface area contributed by atoms with Gasteiger partial charge >= 0.3 is 0 Å². The quantitative estimate of drug-likeness (QED) is 0.925. The van der Waals surface area contributed by atoms with Gasteiger partial charge in [0.05, 0.1) is 0 Å². The highest BCUT2D eigenvalue weighted by Gasteiger charge is 2.24. The number of piperidine rings is 1. The molecule has 1 aliphatic heterocycles. The lowest BCUT2D eigenvalue weighted by Crippen LogP contribution is -2.43. The first-order valence-corrected chi connectivity index (χ1v) is 8.08. The van der Waals surface area contributed by atoms with Gasteiger partial charge in [0.2, 0.25) is 5.91 Å². The summed E-state index contributed by atoms with van der Waals surface area (Å²) < 4.78 is 0. The van der Waals surface area contributed by atoms with E-state index in [-0.39, 0.29) is 11.9 Å². The van der Waals surface area contributed by atoms with Crippen LogP contribution < -0.4 is 5.32 Å². The summed E-state index contributed by atoms with van der Waals surface area (Å²) in [5.74, 6) is 0.658. The molecule has 1 unspecified atom stereocenters. The first-order chi connectivity index (χ1) is 9.95. The summed E-state index contributed by atoms with van der Waals surface area (Å²) in [4.78, 5) is 13.6. The number of halogens is 1. The van der Waals surface area contributed by atoms with E-state index in [1.54, 1.807) is 6.92 Å². The van der Waals surface area contributed by atoms with E-state index in [2.05, 4.69) is 35.3 Å². The summed E-state index contributed by atoms with van der Waals surface area (Å²) >= 11 is 6.19. The summed E-state index contributed by atoms with van der Waals surface area (Å²) in [5.41, 5.74) is 2.40. The number of nitrogens with one attached hydrogen (secondary N) is 1. The Morgan fingerprint density at radius 3 is 2.67 bits per heavy atom. The molecule has 0 aliphatic carbocycles. The van der Waals surface area contributed by atoms with E-state index in [0.717, 1.165) is 43.1 Å². The summed E-state index contributed by atoms with van der Waals surface area (Å²) in [6.07, 6.45) is 2.28. The average Bonchev–Trinajstić information content (AvgIpc) is 2.43. The van der Waals surface area contributed by atoms with Crippen molar-refractivity contribution < 1.29 is 4.79 Å². The first kappa shape index (κ1) is 16.3. The van der Waals surface area contributed by atoms with Gasteiger partial charge in [0, 0.05) is 24.5 Å². The van der Waals surface area contributed by atoms with Crippen molar-refractivity contribution >= 4 is 17.5 Å². The van der Waals surface area contributed by atoms with Gasteiger partial charge in [-0.3, -0.25) is 9.69 Å². The second-order valence-electron chi connectivity index (χ2n) is 6.19. The van der Waals surface area contributed by atoms with Gasteiger partial charge < -0.3 is 5.32 Å². The third-order valence-corrected chi connectivity index (χ3v) is 4.82. The Labute approximate surface area is 132 Å². The zero-order valence-electron chi connectivity index (χ0n) is 13.2. The summed E-state index contributed by atoms with van der Waals surface area (Å²) in [6.45, 7) is 8.86. The number of carbonyl (C=O) groups excluding carboxylic acids is 1. The number of nitrogens with zero attached hydrogens (tertiary/aromatic N) is 1. The lowest BCUT2D eigenvalue weighted by molar-refractivity contribution is -0.120. The Kier molecular flexibility index (Phi) is 5.65. The van der Waals surface area contributed by atoms with Gasteiger partial charge in [0.25, 0.3) is 0 Å². The molecule has 1 saturated heterocycles. The van der Waals surface area contributed by atoms with Gasteiger partial charge in [0.1, 0.15) is 0 Å². The van der Waals surface area contributed by atoms with Crippen LogP contribution in [0.5, 0.6) is 0 Å². The minimum Gasteiger partial charge on any atom is -0.354 e. The van der Waals surface area contributed by atoms with Gasteiger partial charge in [-0.15, -0.1) is 0 Å². The molecule has 3 nitrogen and oxygen atoms in total. The van der Waals surface area contributed by atoms with Crippen LogP contribution in [0.3, 0.4) is 0 Å². The molecule has 1 atom stereocenters. The molecule has 0 radical (unpaired) electrons. The molecule has 0 saturated carbocycles. The van der Waals surface area contributed by atoms with Crippen molar-refractivity contribution in [2.75, 3.05) is 13.1 Å². The van der Waals surface area contributed by atoms with Crippen molar-refractivity contribution in [2.45, 2.75) is 46.2 Å². The first-order valence-electron chi connectivity index (χ1n) is 7.70. The zero-order chi connectivity index (χ0) is 15.4. The largest absolute Gasteiger partial charge is 0.354 e. The van der Waals surface area contributed by atoms with Gasteiger partial charge in [0.15, 0.2) is 0 Å². The van der Waals surface area contributed by atoms with Crippen molar-refractivity contribution in [3.63, 3.8) is 0 Å². The van der Waals surface area contributed by atoms with Gasteiger partial charge in [-0.1, -0.05) is 23.7 Å². The number of likely N-dealkylation sites (tertiary alicyclic amines) is 1. The predicted molar refractivity (Wildman–Crippen MR) is 87.5 cm³/mol. The van der Waals surface area contributed by atoms with Crippen LogP contribution >= 0.6 is 11.6 Å². The fourth-order valence-electron chi connectivity index (χ4n) is 3.04. The van der Waals surface area contributed by atoms with Crippen molar-refractivity contribution in [1.82, 2.24) is 10.2 Å². The minimum absolute atomic E-state index is 0.0687. The van der Waals surface area contributed by atoms with Crippen LogP contribution in [-0.4, -0.2) is 29.9 Å². The fraction of sp³-hybridized carbons (Fsp3) is 0.588. The van der Waals surface area contributed by atoms with Crippen LogP contribution in [0.2, 0.25) is 5.02 Å². The average molecular weight is 309 g/mol. The van der Waals surface area contributed by atoms with Crippen LogP contribution in [0.15, 0.2) is 18.2 Å². The fourth-order valence-corrected chi connectivity index (χ4v) is 3.25. The van der Waals surface area contributed by atoms with E-state index < -0.39 is 0 Å². The maximum Gasteiger partial charge on any atom is 0.217 e. The molecule has 1 aliphatic rings. The van der Waals surface area contributed by atoms with Crippen molar-refractivity contribution in [1.29, 1.82) is 0 Å². The monoisotopic (exact) mass is 308 g/mol. The van der Waals surface area contributed by atoms with Crippen LogP contribution in [0.25, 0.3) is 0 Å². The van der Waals surface area contributed by atoms with Gasteiger partial charge in [-0.2, -0.15) is 0 Å². The number of hydrogen-bond acceptors (Lipinski definition) is 2. The third kappa shape index (κ3) is 4.72. The van der Waals surface area contributed by atoms with E-state index in [1.165, 1.54) is 5.56 Å². The number of aryl methyl sites for hydroxylation is 1. The maximum atomic E-state index is 11.1. The second kappa shape index (κ2) is 7.28. The van der Waals surface area contributed by atoms with Gasteiger partial charge in [-0.05, 0) is 62.9 Å². The third-order valence-electron chi connectivity index (χ3n) is 4.41. The van der Waals surface area contributed by atoms with E-state index >= 15 is 0 Å². The summed E-state index contributed by atoms with van der Waals surface area (Å²) in [7, 11) is 0. The Morgan fingerprint density at radius 1 is 1.43 bits per heavy atom. The molecule has 4 heteroatoms. The lowest BCUT2D eigenvalue weighted by Gasteiger charge is -2.35. The predicted octanol–water partition coefficient (Wildman–Crippen LogP) is 3.39. The highest BCUT2D eigenvalue weighted by molar-refractivity contribution is 6.31. The molecule has 1 heterocycles. The Balaban J connectivity index is 1.83. The van der Waals surface area contributed by atoms with E-state index in [0.29, 0.717) is 5.92 Å². The van der Waals surface area contributed by atoms with E-state index in [1.807, 2.05) is 6.92 Å². The highest BCUT2D eigenvalue weighted by atomic mass is 35.5. The zero-order valence-corrected chi connectivity index (χ0v) is 13.9. The van der Waals surface area contributed by atoms with Crippen LogP contribution in [0.1, 0.15) is 37.8 Å².